The van der Waals surface area contributed by atoms with E-state index in [0.717, 1.165) is 47.1 Å². The normalized spacial score (nSPS) is 13.6. The van der Waals surface area contributed by atoms with Gasteiger partial charge in [-0.3, -0.25) is 4.90 Å². The van der Waals surface area contributed by atoms with E-state index >= 15 is 0 Å². The molecule has 1 saturated heterocycles. The van der Waals surface area contributed by atoms with Gasteiger partial charge in [-0.1, -0.05) is 42.5 Å². The average Bonchev–Trinajstić information content (AvgIpc) is 3.63. The number of fused-ring (bicyclic) bond motifs is 1. The van der Waals surface area contributed by atoms with Crippen LogP contribution in [0.1, 0.15) is 24.0 Å². The highest BCUT2D eigenvalue weighted by molar-refractivity contribution is 5.68. The summed E-state index contributed by atoms with van der Waals surface area (Å²) in [5, 5.41) is 11.7. The quantitative estimate of drug-likeness (QED) is 0.219. The Morgan fingerprint density at radius 2 is 1.67 bits per heavy atom. The summed E-state index contributed by atoms with van der Waals surface area (Å²) < 4.78 is 7.82. The molecule has 0 atom stereocenters. The van der Waals surface area contributed by atoms with Crippen LogP contribution in [0, 0.1) is 6.92 Å². The largest absolute Gasteiger partial charge is 0.492 e. The number of aromatic nitrogens is 3. The van der Waals surface area contributed by atoms with Crippen LogP contribution in [-0.4, -0.2) is 45.7 Å². The van der Waals surface area contributed by atoms with Crippen LogP contribution in [0.15, 0.2) is 91.0 Å². The smallest absolute Gasteiger partial charge is 0.247 e. The molecule has 6 rings (SSSR count). The lowest BCUT2D eigenvalue weighted by molar-refractivity contribution is 0.238. The first-order valence-electron chi connectivity index (χ1n) is 13.7. The Bertz CT molecular complexity index is 1540. The minimum Gasteiger partial charge on any atom is -0.492 e. The Morgan fingerprint density at radius 3 is 2.51 bits per heavy atom. The van der Waals surface area contributed by atoms with E-state index < -0.39 is 0 Å². The Balaban J connectivity index is 1.13. The molecule has 7 heteroatoms. The second-order valence-corrected chi connectivity index (χ2v) is 10.0. The van der Waals surface area contributed by atoms with Crippen molar-refractivity contribution in [1.29, 1.82) is 0 Å². The van der Waals surface area contributed by atoms with Crippen molar-refractivity contribution in [2.45, 2.75) is 26.3 Å². The molecule has 1 aliphatic heterocycles. The first-order chi connectivity index (χ1) is 19.2. The number of likely N-dealkylation sites (tertiary alicyclic amines) is 1. The number of hydrogen-bond donors (Lipinski definition) is 2. The number of pyridine rings is 1. The number of benzene rings is 3. The number of rotatable bonds is 10. The fourth-order valence-corrected chi connectivity index (χ4v) is 5.03. The van der Waals surface area contributed by atoms with E-state index in [9.17, 15) is 0 Å². The lowest BCUT2D eigenvalue weighted by Gasteiger charge is -2.15. The van der Waals surface area contributed by atoms with Gasteiger partial charge in [0.2, 0.25) is 5.95 Å². The number of nitrogens with zero attached hydrogens (tertiary/aromatic N) is 4. The van der Waals surface area contributed by atoms with Crippen molar-refractivity contribution in [3.63, 3.8) is 0 Å². The van der Waals surface area contributed by atoms with E-state index in [1.165, 1.54) is 37.1 Å². The van der Waals surface area contributed by atoms with Crippen LogP contribution < -0.4 is 15.4 Å². The van der Waals surface area contributed by atoms with Crippen LogP contribution >= 0.6 is 0 Å². The maximum Gasteiger partial charge on any atom is 0.247 e. The van der Waals surface area contributed by atoms with Gasteiger partial charge in [0.15, 0.2) is 5.65 Å². The van der Waals surface area contributed by atoms with Crippen molar-refractivity contribution in [2.75, 3.05) is 36.9 Å². The first-order valence-corrected chi connectivity index (χ1v) is 13.7. The summed E-state index contributed by atoms with van der Waals surface area (Å²) >= 11 is 0. The highest BCUT2D eigenvalue weighted by Crippen LogP contribution is 2.25. The minimum atomic E-state index is 0.555. The summed E-state index contributed by atoms with van der Waals surface area (Å²) in [6, 6.07) is 30.9. The Labute approximate surface area is 229 Å². The molecule has 198 valence electrons. The van der Waals surface area contributed by atoms with Gasteiger partial charge < -0.3 is 15.4 Å². The van der Waals surface area contributed by atoms with Gasteiger partial charge in [-0.15, -0.1) is 5.10 Å². The summed E-state index contributed by atoms with van der Waals surface area (Å²) in [6.45, 7) is 7.00. The van der Waals surface area contributed by atoms with E-state index in [2.05, 4.69) is 77.1 Å². The van der Waals surface area contributed by atoms with Crippen LogP contribution in [0.5, 0.6) is 5.75 Å². The van der Waals surface area contributed by atoms with Gasteiger partial charge in [0.05, 0.1) is 5.69 Å². The predicted molar refractivity (Wildman–Crippen MR) is 158 cm³/mol. The monoisotopic (exact) mass is 518 g/mol. The van der Waals surface area contributed by atoms with Crippen molar-refractivity contribution < 1.29 is 4.74 Å². The Hall–Kier alpha value is -4.36. The van der Waals surface area contributed by atoms with E-state index in [4.69, 9.17) is 14.8 Å². The van der Waals surface area contributed by atoms with Crippen molar-refractivity contribution in [2.24, 2.45) is 0 Å². The average molecular weight is 519 g/mol. The zero-order valence-electron chi connectivity index (χ0n) is 22.3. The van der Waals surface area contributed by atoms with Crippen LogP contribution in [-0.2, 0) is 6.54 Å². The van der Waals surface area contributed by atoms with Crippen LogP contribution in [0.3, 0.4) is 0 Å². The molecule has 0 amide bonds. The lowest BCUT2D eigenvalue weighted by Crippen LogP contribution is -2.25. The molecule has 3 aromatic carbocycles. The van der Waals surface area contributed by atoms with E-state index in [1.54, 1.807) is 0 Å². The van der Waals surface area contributed by atoms with Crippen LogP contribution in [0.2, 0.25) is 0 Å². The van der Waals surface area contributed by atoms with Gasteiger partial charge in [-0.25, -0.2) is 4.52 Å². The number of ether oxygens (including phenoxy) is 1. The number of aryl methyl sites for hydroxylation is 1. The second-order valence-electron chi connectivity index (χ2n) is 10.0. The minimum absolute atomic E-state index is 0.555. The molecular formula is C32H34N6O. The van der Waals surface area contributed by atoms with Gasteiger partial charge in [-0.05, 0) is 92.5 Å². The number of nitrogens with one attached hydrogen (secondary N) is 2. The zero-order chi connectivity index (χ0) is 26.4. The van der Waals surface area contributed by atoms with Gasteiger partial charge >= 0.3 is 0 Å². The maximum atomic E-state index is 5.93. The maximum absolute atomic E-state index is 5.93. The fourth-order valence-electron chi connectivity index (χ4n) is 5.03. The first kappa shape index (κ1) is 24.9. The third-order valence-electron chi connectivity index (χ3n) is 7.25. The van der Waals surface area contributed by atoms with E-state index in [-0.39, 0.29) is 0 Å². The van der Waals surface area contributed by atoms with Gasteiger partial charge in [-0.2, -0.15) is 4.98 Å². The summed E-state index contributed by atoms with van der Waals surface area (Å²) in [5.41, 5.74) is 7.40. The molecule has 0 unspecified atom stereocenters. The van der Waals surface area contributed by atoms with E-state index in [1.807, 2.05) is 40.9 Å². The summed E-state index contributed by atoms with van der Waals surface area (Å²) in [7, 11) is 0. The predicted octanol–water partition coefficient (Wildman–Crippen LogP) is 6.54. The molecule has 1 fully saturated rings. The van der Waals surface area contributed by atoms with E-state index in [0.29, 0.717) is 12.6 Å². The summed E-state index contributed by atoms with van der Waals surface area (Å²) in [4.78, 5) is 7.16. The van der Waals surface area contributed by atoms with Gasteiger partial charge in [0.25, 0.3) is 0 Å². The summed E-state index contributed by atoms with van der Waals surface area (Å²) in [5.74, 6) is 1.43. The molecule has 0 bridgehead atoms. The van der Waals surface area contributed by atoms with Crippen molar-refractivity contribution >= 4 is 23.0 Å². The number of hydrogen-bond acceptors (Lipinski definition) is 6. The lowest BCUT2D eigenvalue weighted by atomic mass is 10.1. The van der Waals surface area contributed by atoms with Gasteiger partial charge in [0, 0.05) is 30.0 Å². The molecular weight excluding hydrogens is 484 g/mol. The number of anilines is 3. The van der Waals surface area contributed by atoms with Crippen LogP contribution in [0.25, 0.3) is 16.9 Å². The molecule has 0 saturated carbocycles. The Kier molecular flexibility index (Phi) is 7.41. The SMILES string of the molecule is Cc1ccccc1CNc1cccc(-c2cccc3nc(Nc4ccc(OCCN5CCCC5)cc4)nn23)c1. The highest BCUT2D eigenvalue weighted by atomic mass is 16.5. The van der Waals surface area contributed by atoms with Crippen LogP contribution in [0.4, 0.5) is 17.3 Å². The Morgan fingerprint density at radius 1 is 0.846 bits per heavy atom. The standard InChI is InChI=1S/C32H34N6O/c1-24-8-2-3-9-26(24)23-33-28-11-6-10-25(22-28)30-12-7-13-31-35-32(36-38(30)31)34-27-14-16-29(17-15-27)39-21-20-37-18-4-5-19-37/h2-3,6-17,22,33H,4-5,18-21,23H2,1H3,(H,34,36). The third kappa shape index (κ3) is 6.04. The van der Waals surface area contributed by atoms with Crippen molar-refractivity contribution in [1.82, 2.24) is 19.5 Å². The molecule has 0 spiro atoms. The van der Waals surface area contributed by atoms with Crippen molar-refractivity contribution in [3.8, 4) is 17.0 Å². The molecule has 2 N–H and O–H groups in total. The molecule has 39 heavy (non-hydrogen) atoms. The molecule has 3 heterocycles. The topological polar surface area (TPSA) is 66.7 Å². The molecule has 1 aliphatic rings. The second kappa shape index (κ2) is 11.6. The summed E-state index contributed by atoms with van der Waals surface area (Å²) in [6.07, 6.45) is 2.61. The molecule has 0 radical (unpaired) electrons. The molecule has 5 aromatic rings. The van der Waals surface area contributed by atoms with Crippen molar-refractivity contribution in [3.05, 3.63) is 102 Å². The zero-order valence-corrected chi connectivity index (χ0v) is 22.3. The molecule has 0 aliphatic carbocycles. The highest BCUT2D eigenvalue weighted by Gasteiger charge is 2.12. The third-order valence-corrected chi connectivity index (χ3v) is 7.25. The fraction of sp³-hybridized carbons (Fsp3) is 0.250. The van der Waals surface area contributed by atoms with Gasteiger partial charge in [0.1, 0.15) is 12.4 Å². The molecule has 7 nitrogen and oxygen atoms in total. The molecule has 2 aromatic heterocycles.